The van der Waals surface area contributed by atoms with Crippen molar-refractivity contribution in [2.45, 2.75) is 0 Å². The average Bonchev–Trinajstić information content (AvgIpc) is 3.18. The predicted octanol–water partition coefficient (Wildman–Crippen LogP) is 4.71. The Kier molecular flexibility index (Phi) is 6.71. The summed E-state index contributed by atoms with van der Waals surface area (Å²) < 4.78 is 16.2. The summed E-state index contributed by atoms with van der Waals surface area (Å²) in [4.78, 5) is 28.7. The number of anilines is 1. The highest BCUT2D eigenvalue weighted by Crippen LogP contribution is 2.30. The molecule has 3 aromatic carbocycles. The molecule has 166 valence electrons. The number of nitrogens with zero attached hydrogens (tertiary/aromatic N) is 1. The molecule has 3 aromatic rings. The number of nitrogens with one attached hydrogen (secondary N) is 1. The second kappa shape index (κ2) is 10.0. The Bertz CT molecular complexity index is 1250. The molecule has 1 aliphatic heterocycles. The number of benzene rings is 3. The molecule has 0 saturated heterocycles. The van der Waals surface area contributed by atoms with E-state index >= 15 is 0 Å². The maximum Gasteiger partial charge on any atom is 0.363 e. The highest BCUT2D eigenvalue weighted by Gasteiger charge is 2.24. The number of hydrogen-bond acceptors (Lipinski definition) is 6. The summed E-state index contributed by atoms with van der Waals surface area (Å²) in [6.45, 7) is -0.222. The van der Waals surface area contributed by atoms with Crippen molar-refractivity contribution >= 4 is 41.1 Å². The van der Waals surface area contributed by atoms with Gasteiger partial charge in [-0.1, -0.05) is 41.9 Å². The van der Waals surface area contributed by atoms with Crippen molar-refractivity contribution in [3.8, 4) is 11.5 Å². The Labute approximate surface area is 195 Å². The molecule has 8 heteroatoms. The average molecular weight is 463 g/mol. The van der Waals surface area contributed by atoms with Crippen LogP contribution in [-0.2, 0) is 14.3 Å². The van der Waals surface area contributed by atoms with Crippen LogP contribution in [0.15, 0.2) is 83.5 Å². The molecular weight excluding hydrogens is 444 g/mol. The summed E-state index contributed by atoms with van der Waals surface area (Å²) in [5, 5.41) is 3.23. The Morgan fingerprint density at radius 3 is 2.64 bits per heavy atom. The topological polar surface area (TPSA) is 86.2 Å². The lowest BCUT2D eigenvalue weighted by Crippen LogP contribution is -2.20. The van der Waals surface area contributed by atoms with Gasteiger partial charge in [-0.15, -0.1) is 0 Å². The van der Waals surface area contributed by atoms with E-state index in [1.807, 2.05) is 30.3 Å². The molecule has 1 amide bonds. The third-order valence-corrected chi connectivity index (χ3v) is 4.83. The molecule has 0 spiro atoms. The fourth-order valence-corrected chi connectivity index (χ4v) is 3.26. The third-order valence-electron chi connectivity index (χ3n) is 4.60. The number of ether oxygens (including phenoxy) is 3. The molecule has 33 heavy (non-hydrogen) atoms. The van der Waals surface area contributed by atoms with E-state index in [-0.39, 0.29) is 24.1 Å². The van der Waals surface area contributed by atoms with Gasteiger partial charge in [0.1, 0.15) is 0 Å². The Morgan fingerprint density at radius 1 is 1.06 bits per heavy atom. The van der Waals surface area contributed by atoms with Gasteiger partial charge in [0, 0.05) is 16.3 Å². The van der Waals surface area contributed by atoms with Gasteiger partial charge in [-0.25, -0.2) is 9.79 Å². The smallest absolute Gasteiger partial charge is 0.363 e. The van der Waals surface area contributed by atoms with Crippen LogP contribution in [0.5, 0.6) is 11.5 Å². The maximum absolute atomic E-state index is 12.2. The van der Waals surface area contributed by atoms with Crippen LogP contribution in [0.1, 0.15) is 11.1 Å². The van der Waals surface area contributed by atoms with Gasteiger partial charge in [0.2, 0.25) is 5.90 Å². The zero-order chi connectivity index (χ0) is 23.2. The number of amides is 1. The summed E-state index contributed by atoms with van der Waals surface area (Å²) >= 11 is 5.92. The number of methoxy groups -OCH3 is 1. The molecule has 0 radical (unpaired) electrons. The monoisotopic (exact) mass is 462 g/mol. The van der Waals surface area contributed by atoms with Crippen LogP contribution >= 0.6 is 11.6 Å². The van der Waals surface area contributed by atoms with E-state index in [4.69, 9.17) is 25.8 Å². The molecule has 1 aliphatic rings. The summed E-state index contributed by atoms with van der Waals surface area (Å²) in [7, 11) is 1.49. The zero-order valence-corrected chi connectivity index (χ0v) is 18.3. The minimum atomic E-state index is -0.536. The van der Waals surface area contributed by atoms with Gasteiger partial charge < -0.3 is 19.5 Å². The normalized spacial score (nSPS) is 13.9. The lowest BCUT2D eigenvalue weighted by molar-refractivity contribution is -0.130. The van der Waals surface area contributed by atoms with Crippen molar-refractivity contribution in [1.82, 2.24) is 0 Å². The predicted molar refractivity (Wildman–Crippen MR) is 126 cm³/mol. The van der Waals surface area contributed by atoms with Gasteiger partial charge in [0.25, 0.3) is 5.91 Å². The van der Waals surface area contributed by atoms with Gasteiger partial charge >= 0.3 is 5.97 Å². The summed E-state index contributed by atoms with van der Waals surface area (Å²) in [6, 6.07) is 21.1. The number of carbonyl (C=O) groups is 2. The van der Waals surface area contributed by atoms with Gasteiger partial charge in [0.05, 0.1) is 7.11 Å². The van der Waals surface area contributed by atoms with Gasteiger partial charge in [-0.3, -0.25) is 4.79 Å². The summed E-state index contributed by atoms with van der Waals surface area (Å²) in [5.74, 6) is 0.152. The molecule has 0 aromatic heterocycles. The maximum atomic E-state index is 12.2. The summed E-state index contributed by atoms with van der Waals surface area (Å²) in [5.41, 5.74) is 2.12. The number of carbonyl (C=O) groups excluding carboxylic acids is 2. The largest absolute Gasteiger partial charge is 0.493 e. The fourth-order valence-electron chi connectivity index (χ4n) is 3.07. The van der Waals surface area contributed by atoms with Crippen molar-refractivity contribution in [1.29, 1.82) is 0 Å². The first-order valence-corrected chi connectivity index (χ1v) is 10.3. The SMILES string of the molecule is COc1cc(C=C2N=C(c3ccccc3)OC2=O)ccc1OCC(=O)Nc1cccc(Cl)c1. The lowest BCUT2D eigenvalue weighted by Gasteiger charge is -2.11. The first kappa shape index (κ1) is 22.1. The molecule has 0 atom stereocenters. The molecule has 0 aliphatic carbocycles. The highest BCUT2D eigenvalue weighted by molar-refractivity contribution is 6.30. The van der Waals surface area contributed by atoms with Crippen molar-refractivity contribution in [2.75, 3.05) is 19.0 Å². The number of aliphatic imine (C=N–C) groups is 1. The van der Waals surface area contributed by atoms with Crippen LogP contribution in [0.3, 0.4) is 0 Å². The van der Waals surface area contributed by atoms with Gasteiger partial charge in [-0.2, -0.15) is 0 Å². The Morgan fingerprint density at radius 2 is 1.88 bits per heavy atom. The first-order valence-electron chi connectivity index (χ1n) is 9.96. The second-order valence-corrected chi connectivity index (χ2v) is 7.40. The molecular formula is C25H19ClN2O5. The minimum Gasteiger partial charge on any atom is -0.493 e. The van der Waals surface area contributed by atoms with E-state index in [1.165, 1.54) is 7.11 Å². The van der Waals surface area contributed by atoms with Gasteiger partial charge in [0.15, 0.2) is 23.8 Å². The second-order valence-electron chi connectivity index (χ2n) is 6.96. The molecule has 0 unspecified atom stereocenters. The van der Waals surface area contributed by atoms with Crippen LogP contribution < -0.4 is 14.8 Å². The first-order chi connectivity index (χ1) is 16.0. The van der Waals surface area contributed by atoms with E-state index in [2.05, 4.69) is 10.3 Å². The third kappa shape index (κ3) is 5.58. The Balaban J connectivity index is 1.45. The Hall–Kier alpha value is -4.10. The number of rotatable bonds is 7. The fraction of sp³-hybridized carbons (Fsp3) is 0.0800. The van der Waals surface area contributed by atoms with Crippen molar-refractivity contribution in [3.63, 3.8) is 0 Å². The standard InChI is InChI=1S/C25H19ClN2O5/c1-31-22-13-16(12-20-25(30)33-24(28-20)17-6-3-2-4-7-17)10-11-21(22)32-15-23(29)27-19-9-5-8-18(26)14-19/h2-14H,15H2,1H3,(H,27,29). The number of hydrogen-bond donors (Lipinski definition) is 1. The number of cyclic esters (lactones) is 1. The van der Waals surface area contributed by atoms with Gasteiger partial charge in [-0.05, 0) is 54.1 Å². The number of halogens is 1. The lowest BCUT2D eigenvalue weighted by atomic mass is 10.1. The van der Waals surface area contributed by atoms with E-state index in [0.717, 1.165) is 0 Å². The molecule has 4 rings (SSSR count). The summed E-state index contributed by atoms with van der Waals surface area (Å²) in [6.07, 6.45) is 1.59. The van der Waals surface area contributed by atoms with Crippen molar-refractivity contribution in [2.24, 2.45) is 4.99 Å². The molecule has 0 saturated carbocycles. The van der Waals surface area contributed by atoms with Crippen molar-refractivity contribution in [3.05, 3.63) is 94.6 Å². The van der Waals surface area contributed by atoms with E-state index in [9.17, 15) is 9.59 Å². The van der Waals surface area contributed by atoms with Crippen molar-refractivity contribution < 1.29 is 23.8 Å². The van der Waals surface area contributed by atoms with Crippen LogP contribution in [0.4, 0.5) is 5.69 Å². The van der Waals surface area contributed by atoms with E-state index < -0.39 is 5.97 Å². The molecule has 1 heterocycles. The number of esters is 1. The molecule has 1 N–H and O–H groups in total. The molecule has 0 fully saturated rings. The highest BCUT2D eigenvalue weighted by atomic mass is 35.5. The van der Waals surface area contributed by atoms with E-state index in [1.54, 1.807) is 48.5 Å². The minimum absolute atomic E-state index is 0.172. The molecule has 7 nitrogen and oxygen atoms in total. The van der Waals surface area contributed by atoms with Crippen LogP contribution in [-0.4, -0.2) is 31.5 Å². The molecule has 0 bridgehead atoms. The zero-order valence-electron chi connectivity index (χ0n) is 17.6. The van der Waals surface area contributed by atoms with E-state index in [0.29, 0.717) is 33.3 Å². The van der Waals surface area contributed by atoms with Crippen LogP contribution in [0, 0.1) is 0 Å². The quantitative estimate of drug-likeness (QED) is 0.406. The van der Waals surface area contributed by atoms with Crippen LogP contribution in [0.25, 0.3) is 6.08 Å². The van der Waals surface area contributed by atoms with Crippen LogP contribution in [0.2, 0.25) is 5.02 Å².